The topological polar surface area (TPSA) is 46.2 Å². The summed E-state index contributed by atoms with van der Waals surface area (Å²) in [6.45, 7) is 1.81. The minimum atomic E-state index is -3.32. The second-order valence-electron chi connectivity index (χ2n) is 3.25. The Morgan fingerprint density at radius 1 is 1.40 bits per heavy atom. The molecule has 0 heterocycles. The second-order valence-corrected chi connectivity index (χ2v) is 5.89. The lowest BCUT2D eigenvalue weighted by molar-refractivity contribution is 0.587. The van der Waals surface area contributed by atoms with E-state index in [9.17, 15) is 8.42 Å². The van der Waals surface area contributed by atoms with Crippen molar-refractivity contribution in [3.05, 3.63) is 29.3 Å². The van der Waals surface area contributed by atoms with Crippen LogP contribution in [-0.4, -0.2) is 20.8 Å². The van der Waals surface area contributed by atoms with E-state index < -0.39 is 10.0 Å². The van der Waals surface area contributed by atoms with Gasteiger partial charge in [0.1, 0.15) is 0 Å². The Labute approximate surface area is 99.1 Å². The molecule has 15 heavy (non-hydrogen) atoms. The monoisotopic (exact) mass is 291 g/mol. The average Bonchev–Trinajstić information content (AvgIpc) is 2.18. The number of sulfonamides is 1. The van der Waals surface area contributed by atoms with E-state index in [-0.39, 0.29) is 0 Å². The van der Waals surface area contributed by atoms with Crippen molar-refractivity contribution >= 4 is 26.0 Å². The maximum absolute atomic E-state index is 11.6. The van der Waals surface area contributed by atoms with Gasteiger partial charge in [-0.05, 0) is 37.6 Å². The van der Waals surface area contributed by atoms with Gasteiger partial charge in [0.15, 0.2) is 0 Å². The highest BCUT2D eigenvalue weighted by atomic mass is 79.9. The average molecular weight is 292 g/mol. The van der Waals surface area contributed by atoms with E-state index in [0.717, 1.165) is 22.9 Å². The molecule has 84 valence electrons. The number of hydrogen-bond acceptors (Lipinski definition) is 2. The summed E-state index contributed by atoms with van der Waals surface area (Å²) in [5, 5.41) is 0.880. The lowest BCUT2D eigenvalue weighted by Crippen LogP contribution is -2.19. The molecule has 0 aliphatic carbocycles. The van der Waals surface area contributed by atoms with Gasteiger partial charge in [-0.1, -0.05) is 28.1 Å². The van der Waals surface area contributed by atoms with Crippen molar-refractivity contribution in [2.24, 2.45) is 0 Å². The molecule has 1 rings (SSSR count). The smallest absolute Gasteiger partial charge is 0.214 e. The zero-order valence-corrected chi connectivity index (χ0v) is 11.2. The van der Waals surface area contributed by atoms with Crippen molar-refractivity contribution in [1.29, 1.82) is 0 Å². The molecule has 0 radical (unpaired) electrons. The van der Waals surface area contributed by atoms with Crippen LogP contribution in [0.4, 0.5) is 0 Å². The molecule has 1 aromatic carbocycles. The van der Waals surface area contributed by atoms with E-state index >= 15 is 0 Å². The first-order valence-electron chi connectivity index (χ1n) is 4.60. The number of nitrogens with one attached hydrogen (secondary N) is 1. The van der Waals surface area contributed by atoms with Crippen LogP contribution in [0.2, 0.25) is 0 Å². The number of hydrogen-bond donors (Lipinski definition) is 1. The second kappa shape index (κ2) is 5.09. The van der Waals surface area contributed by atoms with Crippen LogP contribution < -0.4 is 4.72 Å². The molecule has 0 fully saturated rings. The van der Waals surface area contributed by atoms with Crippen LogP contribution in [0.1, 0.15) is 11.1 Å². The predicted molar refractivity (Wildman–Crippen MR) is 64.9 cm³/mol. The molecular weight excluding hydrogens is 278 g/mol. The molecule has 0 unspecified atom stereocenters. The van der Waals surface area contributed by atoms with Gasteiger partial charge in [-0.25, -0.2) is 13.1 Å². The first-order chi connectivity index (χ1) is 7.01. The molecule has 5 heteroatoms. The number of benzene rings is 1. The number of halogens is 1. The van der Waals surface area contributed by atoms with Gasteiger partial charge in [0.05, 0.1) is 4.90 Å². The van der Waals surface area contributed by atoms with Crippen LogP contribution in [0.15, 0.2) is 23.1 Å². The largest absolute Gasteiger partial charge is 0.240 e. The predicted octanol–water partition coefficient (Wildman–Crippen LogP) is 1.84. The van der Waals surface area contributed by atoms with Crippen molar-refractivity contribution in [2.45, 2.75) is 18.2 Å². The summed E-state index contributed by atoms with van der Waals surface area (Å²) in [5.74, 6) is 0. The van der Waals surface area contributed by atoms with Crippen molar-refractivity contribution in [2.75, 3.05) is 12.4 Å². The van der Waals surface area contributed by atoms with E-state index in [1.54, 1.807) is 6.07 Å². The third-order valence-electron chi connectivity index (χ3n) is 2.18. The molecule has 0 aromatic heterocycles. The fourth-order valence-corrected chi connectivity index (χ4v) is 2.80. The molecule has 1 aromatic rings. The van der Waals surface area contributed by atoms with Crippen LogP contribution in [0, 0.1) is 6.92 Å². The third-order valence-corrected chi connectivity index (χ3v) is 4.15. The molecule has 0 atom stereocenters. The zero-order chi connectivity index (χ0) is 11.5. The van der Waals surface area contributed by atoms with Gasteiger partial charge < -0.3 is 0 Å². The van der Waals surface area contributed by atoms with Gasteiger partial charge in [-0.3, -0.25) is 0 Å². The summed E-state index contributed by atoms with van der Waals surface area (Å²) in [6.07, 6.45) is 0.903. The molecule has 3 nitrogen and oxygen atoms in total. The van der Waals surface area contributed by atoms with E-state index in [1.807, 2.05) is 19.1 Å². The van der Waals surface area contributed by atoms with Gasteiger partial charge in [0.2, 0.25) is 10.0 Å². The van der Waals surface area contributed by atoms with E-state index in [0.29, 0.717) is 4.90 Å². The van der Waals surface area contributed by atoms with Gasteiger partial charge in [0.25, 0.3) is 0 Å². The molecule has 0 aliphatic rings. The van der Waals surface area contributed by atoms with Crippen LogP contribution in [0.3, 0.4) is 0 Å². The Morgan fingerprint density at radius 3 is 2.53 bits per heavy atom. The highest BCUT2D eigenvalue weighted by Gasteiger charge is 2.13. The van der Waals surface area contributed by atoms with Gasteiger partial charge in [-0.15, -0.1) is 0 Å². The maximum Gasteiger partial charge on any atom is 0.240 e. The van der Waals surface area contributed by atoms with Crippen molar-refractivity contribution in [3.63, 3.8) is 0 Å². The quantitative estimate of drug-likeness (QED) is 0.861. The van der Waals surface area contributed by atoms with Crippen LogP contribution in [0.5, 0.6) is 0 Å². The molecule has 0 spiro atoms. The van der Waals surface area contributed by atoms with Crippen molar-refractivity contribution in [3.8, 4) is 0 Å². The molecule has 1 N–H and O–H groups in total. The molecule has 0 bridgehead atoms. The van der Waals surface area contributed by atoms with Crippen LogP contribution >= 0.6 is 15.9 Å². The standard InChI is InChI=1S/C10H14BrNO2S/c1-8-7-9(5-6-11)3-4-10(8)15(13,14)12-2/h3-4,7,12H,5-6H2,1-2H3. The fraction of sp³-hybridized carbons (Fsp3) is 0.400. The third kappa shape index (κ3) is 3.03. The first kappa shape index (κ1) is 12.7. The molecule has 0 saturated carbocycles. The summed E-state index contributed by atoms with van der Waals surface area (Å²) < 4.78 is 25.5. The molecular formula is C10H14BrNO2S. The van der Waals surface area contributed by atoms with Crippen LogP contribution in [0.25, 0.3) is 0 Å². The van der Waals surface area contributed by atoms with E-state index in [4.69, 9.17) is 0 Å². The van der Waals surface area contributed by atoms with Gasteiger partial charge in [-0.2, -0.15) is 0 Å². The van der Waals surface area contributed by atoms with E-state index in [1.165, 1.54) is 7.05 Å². The number of aryl methyl sites for hydroxylation is 2. The molecule has 0 aliphatic heterocycles. The molecule has 0 saturated heterocycles. The SMILES string of the molecule is CNS(=O)(=O)c1ccc(CCBr)cc1C. The van der Waals surface area contributed by atoms with Crippen molar-refractivity contribution < 1.29 is 8.42 Å². The summed E-state index contributed by atoms with van der Waals surface area (Å²) >= 11 is 3.35. The first-order valence-corrected chi connectivity index (χ1v) is 7.21. The normalized spacial score (nSPS) is 11.7. The Bertz CT molecular complexity index is 443. The number of rotatable bonds is 4. The maximum atomic E-state index is 11.6. The van der Waals surface area contributed by atoms with Gasteiger partial charge >= 0.3 is 0 Å². The fourth-order valence-electron chi connectivity index (χ4n) is 1.39. The van der Waals surface area contributed by atoms with Gasteiger partial charge in [0, 0.05) is 5.33 Å². The minimum Gasteiger partial charge on any atom is -0.214 e. The number of alkyl halides is 1. The molecule has 0 amide bonds. The Hall–Kier alpha value is -0.390. The summed E-state index contributed by atoms with van der Waals surface area (Å²) in [5.41, 5.74) is 1.92. The van der Waals surface area contributed by atoms with E-state index in [2.05, 4.69) is 20.7 Å². The summed E-state index contributed by atoms with van der Waals surface area (Å²) in [6, 6.07) is 5.41. The highest BCUT2D eigenvalue weighted by Crippen LogP contribution is 2.16. The minimum absolute atomic E-state index is 0.350. The zero-order valence-electron chi connectivity index (χ0n) is 8.75. The highest BCUT2D eigenvalue weighted by molar-refractivity contribution is 9.09. The summed E-state index contributed by atoms with van der Waals surface area (Å²) in [7, 11) is -1.90. The lowest BCUT2D eigenvalue weighted by atomic mass is 10.1. The Balaban J connectivity index is 3.14. The lowest BCUT2D eigenvalue weighted by Gasteiger charge is -2.07. The van der Waals surface area contributed by atoms with Crippen molar-refractivity contribution in [1.82, 2.24) is 4.72 Å². The van der Waals surface area contributed by atoms with Crippen LogP contribution in [-0.2, 0) is 16.4 Å². The Kier molecular flexibility index (Phi) is 4.31. The Morgan fingerprint density at radius 2 is 2.07 bits per heavy atom. The summed E-state index contributed by atoms with van der Waals surface area (Å²) in [4.78, 5) is 0.350.